The van der Waals surface area contributed by atoms with Crippen molar-refractivity contribution in [2.45, 2.75) is 77.0 Å². The molecular formula is C37H49N2Si+. The summed E-state index contributed by atoms with van der Waals surface area (Å²) >= 11 is 0. The number of hydrogen-bond acceptors (Lipinski definition) is 1. The Morgan fingerprint density at radius 1 is 0.850 bits per heavy atom. The van der Waals surface area contributed by atoms with Gasteiger partial charge < -0.3 is 0 Å². The van der Waals surface area contributed by atoms with Crippen molar-refractivity contribution in [1.82, 2.24) is 4.67 Å². The summed E-state index contributed by atoms with van der Waals surface area (Å²) in [7, 11) is 5.31. The van der Waals surface area contributed by atoms with Crippen molar-refractivity contribution in [2.24, 2.45) is 11.8 Å². The minimum atomic E-state index is -1.80. The maximum Gasteiger partial charge on any atom is 0.191 e. The molecule has 0 aromatic heterocycles. The molecule has 6 rings (SSSR count). The summed E-state index contributed by atoms with van der Waals surface area (Å²) in [6.45, 7) is 17.5. The highest BCUT2D eigenvalue weighted by atomic mass is 28.3. The summed E-state index contributed by atoms with van der Waals surface area (Å²) in [5, 5.41) is 2.64. The molecule has 1 fully saturated rings. The zero-order chi connectivity index (χ0) is 28.8. The number of rotatable bonds is 4. The molecule has 1 saturated carbocycles. The van der Waals surface area contributed by atoms with E-state index in [1.807, 2.05) is 0 Å². The zero-order valence-electron chi connectivity index (χ0n) is 26.5. The van der Waals surface area contributed by atoms with Gasteiger partial charge in [-0.05, 0) is 94.8 Å². The number of fused-ring (bicyclic) bond motifs is 5. The average Bonchev–Trinajstić information content (AvgIpc) is 3.37. The first kappa shape index (κ1) is 27.7. The van der Waals surface area contributed by atoms with Gasteiger partial charge in [0.1, 0.15) is 0 Å². The zero-order valence-corrected chi connectivity index (χ0v) is 27.5. The van der Waals surface area contributed by atoms with Crippen LogP contribution in [0.25, 0.3) is 27.5 Å². The summed E-state index contributed by atoms with van der Waals surface area (Å²) in [5.41, 5.74) is 9.61. The first-order chi connectivity index (χ1) is 18.6. The largest absolute Gasteiger partial charge is 0.257 e. The second-order valence-corrected chi connectivity index (χ2v) is 20.0. The first-order valence-corrected chi connectivity index (χ1v) is 18.3. The van der Waals surface area contributed by atoms with Gasteiger partial charge in [-0.3, -0.25) is 4.59 Å². The smallest absolute Gasteiger partial charge is 0.191 e. The maximum atomic E-state index is 2.88. The molecule has 0 saturated heterocycles. The van der Waals surface area contributed by atoms with Crippen LogP contribution < -0.4 is 0 Å². The van der Waals surface area contributed by atoms with Gasteiger partial charge in [0.25, 0.3) is 0 Å². The van der Waals surface area contributed by atoms with Crippen molar-refractivity contribution in [3.63, 3.8) is 0 Å². The van der Waals surface area contributed by atoms with E-state index in [-0.39, 0.29) is 11.0 Å². The molecule has 0 bridgehead atoms. The van der Waals surface area contributed by atoms with Gasteiger partial charge in [0.2, 0.25) is 0 Å². The Hall–Kier alpha value is -2.46. The lowest BCUT2D eigenvalue weighted by Gasteiger charge is -2.55. The molecule has 0 heterocycles. The van der Waals surface area contributed by atoms with Gasteiger partial charge in [-0.1, -0.05) is 100 Å². The number of benzene rings is 3. The molecule has 0 N–H and O–H groups in total. The van der Waals surface area contributed by atoms with E-state index in [9.17, 15) is 0 Å². The minimum Gasteiger partial charge on any atom is -0.257 e. The summed E-state index contributed by atoms with van der Waals surface area (Å²) in [5.74, 6) is 1.30. The van der Waals surface area contributed by atoms with Gasteiger partial charge in [0.05, 0.1) is 26.7 Å². The molecular weight excluding hydrogens is 501 g/mol. The second-order valence-electron chi connectivity index (χ2n) is 15.6. The van der Waals surface area contributed by atoms with Crippen LogP contribution in [-0.2, 0) is 5.41 Å². The number of hydrogen-bond donors (Lipinski definition) is 0. The minimum absolute atomic E-state index is 0.00930. The Labute approximate surface area is 244 Å². The van der Waals surface area contributed by atoms with Crippen LogP contribution in [0.4, 0.5) is 0 Å². The Morgan fingerprint density at radius 3 is 2.25 bits per heavy atom. The molecule has 2 nitrogen and oxygen atoms in total. The van der Waals surface area contributed by atoms with Gasteiger partial charge in [0, 0.05) is 5.41 Å². The third-order valence-corrected chi connectivity index (χ3v) is 15.1. The highest BCUT2D eigenvalue weighted by Gasteiger charge is 2.56. The fourth-order valence-corrected chi connectivity index (χ4v) is 15.2. The lowest BCUT2D eigenvalue weighted by atomic mass is 9.76. The Morgan fingerprint density at radius 2 is 1.55 bits per heavy atom. The monoisotopic (exact) mass is 549 g/mol. The van der Waals surface area contributed by atoms with Crippen LogP contribution in [0.3, 0.4) is 0 Å². The lowest BCUT2D eigenvalue weighted by molar-refractivity contribution is -0.978. The molecule has 210 valence electrons. The molecule has 0 spiro atoms. The van der Waals surface area contributed by atoms with Gasteiger partial charge in [0.15, 0.2) is 8.24 Å². The normalized spacial score (nSPS) is 24.0. The molecule has 3 aromatic rings. The van der Waals surface area contributed by atoms with Gasteiger partial charge >= 0.3 is 0 Å². The highest BCUT2D eigenvalue weighted by Crippen LogP contribution is 2.59. The average molecular weight is 550 g/mol. The van der Waals surface area contributed by atoms with Crippen molar-refractivity contribution in [2.75, 3.05) is 21.1 Å². The molecule has 0 radical (unpaired) electrons. The quantitative estimate of drug-likeness (QED) is 0.178. The fraction of sp³-hybridized carbons (Fsp3) is 0.459. The van der Waals surface area contributed by atoms with Crippen LogP contribution in [0, 0.1) is 11.8 Å². The van der Waals surface area contributed by atoms with Crippen LogP contribution in [-0.4, -0.2) is 44.2 Å². The van der Waals surface area contributed by atoms with E-state index in [4.69, 9.17) is 0 Å². The van der Waals surface area contributed by atoms with Crippen molar-refractivity contribution in [3.8, 4) is 11.1 Å². The van der Waals surface area contributed by atoms with Crippen LogP contribution in [0.2, 0.25) is 18.6 Å². The Kier molecular flexibility index (Phi) is 6.24. The predicted octanol–water partition coefficient (Wildman–Crippen LogP) is 9.44. The second kappa shape index (κ2) is 9.02. The van der Waals surface area contributed by atoms with Crippen molar-refractivity contribution in [1.29, 1.82) is 0 Å². The van der Waals surface area contributed by atoms with Crippen molar-refractivity contribution in [3.05, 3.63) is 89.5 Å². The van der Waals surface area contributed by atoms with E-state index in [1.165, 1.54) is 51.4 Å². The van der Waals surface area contributed by atoms with Crippen molar-refractivity contribution < 1.29 is 4.59 Å². The van der Waals surface area contributed by atoms with Crippen molar-refractivity contribution >= 4 is 24.6 Å². The predicted molar refractivity (Wildman–Crippen MR) is 176 cm³/mol. The molecule has 3 aliphatic carbocycles. The van der Waals surface area contributed by atoms with Gasteiger partial charge in [-0.15, -0.1) is 0 Å². The number of nitrogens with zero attached hydrogens (tertiary/aromatic N) is 2. The van der Waals surface area contributed by atoms with E-state index < -0.39 is 8.24 Å². The van der Waals surface area contributed by atoms with Crippen LogP contribution in [0.5, 0.6) is 0 Å². The van der Waals surface area contributed by atoms with E-state index in [1.54, 1.807) is 5.57 Å². The van der Waals surface area contributed by atoms with Crippen LogP contribution in [0.1, 0.15) is 58.6 Å². The standard InChI is InChI=1S/C37H49N2Si/c1-36(2,3)38(39(6,7)8)40(9,10)35-21-19-26-22-32-30-20-18-27(23-33(30)37(4,5)34(32)24-31(26)35)29-17-13-15-25-14-11-12-16-28(25)29/h11-18,20,22-24,26,31,35H,19,21H2,1-10H3/q+1. The Bertz CT molecular complexity index is 1520. The maximum absolute atomic E-state index is 2.88. The van der Waals surface area contributed by atoms with E-state index in [0.29, 0.717) is 11.8 Å². The van der Waals surface area contributed by atoms with E-state index in [2.05, 4.69) is 146 Å². The third-order valence-electron chi connectivity index (χ3n) is 10.2. The molecule has 40 heavy (non-hydrogen) atoms. The molecule has 3 atom stereocenters. The molecule has 0 amide bonds. The van der Waals surface area contributed by atoms with Gasteiger partial charge in [-0.25, -0.2) is 0 Å². The molecule has 3 aliphatic rings. The topological polar surface area (TPSA) is 3.24 Å². The molecule has 3 unspecified atom stereocenters. The summed E-state index contributed by atoms with van der Waals surface area (Å²) < 4.78 is 3.79. The summed E-state index contributed by atoms with van der Waals surface area (Å²) in [6, 6.07) is 22.8. The molecule has 3 aromatic carbocycles. The molecule has 3 heteroatoms. The first-order valence-electron chi connectivity index (χ1n) is 15.3. The number of quaternary nitrogens is 1. The van der Waals surface area contributed by atoms with Crippen LogP contribution >= 0.6 is 0 Å². The summed E-state index contributed by atoms with van der Waals surface area (Å²) in [4.78, 5) is 0. The van der Waals surface area contributed by atoms with E-state index in [0.717, 1.165) is 10.1 Å². The van der Waals surface area contributed by atoms with Gasteiger partial charge in [-0.2, -0.15) is 4.67 Å². The Balaban J connectivity index is 1.41. The SMILES string of the molecule is CC1(C)C2=CC3C(C=C2c2ccc(-c4cccc5ccccc45)cc21)CCC3[Si](C)(C)N(C(C)(C)C)[N+](C)(C)C. The number of allylic oxidation sites excluding steroid dienone is 4. The lowest BCUT2D eigenvalue weighted by Crippen LogP contribution is -2.71. The summed E-state index contributed by atoms with van der Waals surface area (Å²) in [6.07, 6.45) is 8.13. The van der Waals surface area contributed by atoms with E-state index >= 15 is 0 Å². The third kappa shape index (κ3) is 4.19. The van der Waals surface area contributed by atoms with Crippen LogP contribution in [0.15, 0.2) is 78.4 Å². The molecule has 0 aliphatic heterocycles. The fourth-order valence-electron chi connectivity index (χ4n) is 9.46. The highest BCUT2D eigenvalue weighted by molar-refractivity contribution is 6.76.